The van der Waals surface area contributed by atoms with Gasteiger partial charge in [-0.25, -0.2) is 0 Å². The van der Waals surface area contributed by atoms with Crippen LogP contribution >= 0.6 is 11.3 Å². The Labute approximate surface area is 96.3 Å². The van der Waals surface area contributed by atoms with Gasteiger partial charge in [-0.3, -0.25) is 0 Å². The van der Waals surface area contributed by atoms with Gasteiger partial charge in [0.2, 0.25) is 0 Å². The van der Waals surface area contributed by atoms with Crippen LogP contribution in [0.5, 0.6) is 0 Å². The SMILES string of the molecule is CCC(CCO)NC(C)Cc1cccs1. The lowest BCUT2D eigenvalue weighted by atomic mass is 10.1. The van der Waals surface area contributed by atoms with E-state index in [1.54, 1.807) is 0 Å². The molecule has 0 fully saturated rings. The number of aliphatic hydroxyl groups excluding tert-OH is 1. The zero-order valence-electron chi connectivity index (χ0n) is 9.57. The molecular weight excluding hydrogens is 206 g/mol. The Hall–Kier alpha value is -0.380. The second kappa shape index (κ2) is 6.99. The van der Waals surface area contributed by atoms with Gasteiger partial charge in [0.05, 0.1) is 0 Å². The molecule has 0 aliphatic heterocycles. The predicted octanol–water partition coefficient (Wildman–Crippen LogP) is 2.43. The molecule has 86 valence electrons. The maximum absolute atomic E-state index is 8.90. The summed E-state index contributed by atoms with van der Waals surface area (Å²) in [5, 5.41) is 14.6. The highest BCUT2D eigenvalue weighted by Crippen LogP contribution is 2.11. The van der Waals surface area contributed by atoms with Gasteiger partial charge in [-0.15, -0.1) is 11.3 Å². The molecule has 2 nitrogen and oxygen atoms in total. The molecule has 1 heterocycles. The molecule has 2 atom stereocenters. The Morgan fingerprint density at radius 1 is 1.53 bits per heavy atom. The van der Waals surface area contributed by atoms with Gasteiger partial charge in [-0.2, -0.15) is 0 Å². The van der Waals surface area contributed by atoms with Gasteiger partial charge in [0.1, 0.15) is 0 Å². The average molecular weight is 227 g/mol. The van der Waals surface area contributed by atoms with E-state index < -0.39 is 0 Å². The van der Waals surface area contributed by atoms with Crippen LogP contribution in [0.25, 0.3) is 0 Å². The van der Waals surface area contributed by atoms with Crippen LogP contribution in [0.4, 0.5) is 0 Å². The lowest BCUT2D eigenvalue weighted by Gasteiger charge is -2.21. The van der Waals surface area contributed by atoms with Crippen molar-refractivity contribution in [2.24, 2.45) is 0 Å². The largest absolute Gasteiger partial charge is 0.396 e. The van der Waals surface area contributed by atoms with Crippen molar-refractivity contribution in [2.75, 3.05) is 6.61 Å². The molecule has 2 N–H and O–H groups in total. The van der Waals surface area contributed by atoms with Gasteiger partial charge in [-0.1, -0.05) is 13.0 Å². The Kier molecular flexibility index (Phi) is 5.91. The van der Waals surface area contributed by atoms with Crippen molar-refractivity contribution in [3.63, 3.8) is 0 Å². The number of rotatable bonds is 7. The van der Waals surface area contributed by atoms with E-state index >= 15 is 0 Å². The molecule has 3 heteroatoms. The Bertz CT molecular complexity index is 248. The van der Waals surface area contributed by atoms with E-state index in [1.165, 1.54) is 4.88 Å². The highest BCUT2D eigenvalue weighted by Gasteiger charge is 2.10. The van der Waals surface area contributed by atoms with E-state index in [1.807, 2.05) is 11.3 Å². The first-order valence-electron chi connectivity index (χ1n) is 5.65. The van der Waals surface area contributed by atoms with Crippen molar-refractivity contribution >= 4 is 11.3 Å². The Morgan fingerprint density at radius 2 is 2.33 bits per heavy atom. The fourth-order valence-electron chi connectivity index (χ4n) is 1.75. The van der Waals surface area contributed by atoms with Gasteiger partial charge in [-0.05, 0) is 37.6 Å². The van der Waals surface area contributed by atoms with Gasteiger partial charge in [0.15, 0.2) is 0 Å². The van der Waals surface area contributed by atoms with E-state index in [0.29, 0.717) is 12.1 Å². The van der Waals surface area contributed by atoms with Crippen molar-refractivity contribution in [2.45, 2.75) is 45.2 Å². The topological polar surface area (TPSA) is 32.3 Å². The minimum absolute atomic E-state index is 0.275. The van der Waals surface area contributed by atoms with Gasteiger partial charge < -0.3 is 10.4 Å². The molecule has 15 heavy (non-hydrogen) atoms. The summed E-state index contributed by atoms with van der Waals surface area (Å²) < 4.78 is 0. The maximum Gasteiger partial charge on any atom is 0.0445 e. The predicted molar refractivity (Wildman–Crippen MR) is 66.4 cm³/mol. The molecule has 2 unspecified atom stereocenters. The van der Waals surface area contributed by atoms with Crippen LogP contribution in [0.2, 0.25) is 0 Å². The summed E-state index contributed by atoms with van der Waals surface area (Å²) in [7, 11) is 0. The molecule has 0 saturated carbocycles. The molecule has 0 bridgehead atoms. The van der Waals surface area contributed by atoms with Crippen LogP contribution in [0, 0.1) is 0 Å². The first-order chi connectivity index (χ1) is 7.26. The number of nitrogens with one attached hydrogen (secondary N) is 1. The highest BCUT2D eigenvalue weighted by atomic mass is 32.1. The van der Waals surface area contributed by atoms with Gasteiger partial charge in [0, 0.05) is 23.6 Å². The van der Waals surface area contributed by atoms with E-state index in [-0.39, 0.29) is 6.61 Å². The number of aliphatic hydroxyl groups is 1. The monoisotopic (exact) mass is 227 g/mol. The Balaban J connectivity index is 2.30. The summed E-state index contributed by atoms with van der Waals surface area (Å²) in [4.78, 5) is 1.42. The molecule has 1 rings (SSSR count). The van der Waals surface area contributed by atoms with Crippen LogP contribution in [-0.2, 0) is 6.42 Å². The first kappa shape index (κ1) is 12.7. The number of thiophene rings is 1. The van der Waals surface area contributed by atoms with Crippen molar-refractivity contribution in [1.29, 1.82) is 0 Å². The summed E-state index contributed by atoms with van der Waals surface area (Å²) in [6, 6.07) is 5.21. The third kappa shape index (κ3) is 4.78. The van der Waals surface area contributed by atoms with E-state index in [2.05, 4.69) is 36.7 Å². The lowest BCUT2D eigenvalue weighted by molar-refractivity contribution is 0.256. The second-order valence-corrected chi connectivity index (χ2v) is 5.00. The molecule has 0 saturated heterocycles. The number of hydrogen-bond acceptors (Lipinski definition) is 3. The zero-order chi connectivity index (χ0) is 11.1. The first-order valence-corrected chi connectivity index (χ1v) is 6.53. The summed E-state index contributed by atoms with van der Waals surface area (Å²) in [6.07, 6.45) is 3.01. The normalized spacial score (nSPS) is 15.1. The molecule has 0 aromatic carbocycles. The smallest absolute Gasteiger partial charge is 0.0445 e. The fourth-order valence-corrected chi connectivity index (χ4v) is 2.59. The molecule has 0 amide bonds. The van der Waals surface area contributed by atoms with Crippen molar-refractivity contribution in [1.82, 2.24) is 5.32 Å². The summed E-state index contributed by atoms with van der Waals surface area (Å²) >= 11 is 1.81. The Morgan fingerprint density at radius 3 is 2.87 bits per heavy atom. The number of hydrogen-bond donors (Lipinski definition) is 2. The van der Waals surface area contributed by atoms with E-state index in [0.717, 1.165) is 19.3 Å². The van der Waals surface area contributed by atoms with Gasteiger partial charge >= 0.3 is 0 Å². The quantitative estimate of drug-likeness (QED) is 0.750. The molecule has 0 radical (unpaired) electrons. The molecule has 1 aromatic rings. The second-order valence-electron chi connectivity index (χ2n) is 3.97. The van der Waals surface area contributed by atoms with Crippen LogP contribution in [0.3, 0.4) is 0 Å². The summed E-state index contributed by atoms with van der Waals surface area (Å²) in [6.45, 7) is 4.64. The van der Waals surface area contributed by atoms with Crippen molar-refractivity contribution in [3.8, 4) is 0 Å². The molecule has 0 aliphatic rings. The third-order valence-electron chi connectivity index (χ3n) is 2.58. The highest BCUT2D eigenvalue weighted by molar-refractivity contribution is 7.09. The fraction of sp³-hybridized carbons (Fsp3) is 0.667. The van der Waals surface area contributed by atoms with Crippen molar-refractivity contribution in [3.05, 3.63) is 22.4 Å². The average Bonchev–Trinajstić information content (AvgIpc) is 2.69. The minimum Gasteiger partial charge on any atom is -0.396 e. The summed E-state index contributed by atoms with van der Waals surface area (Å²) in [5.74, 6) is 0. The third-order valence-corrected chi connectivity index (χ3v) is 3.48. The standard InChI is InChI=1S/C12H21NOS/c1-3-11(6-7-14)13-10(2)9-12-5-4-8-15-12/h4-5,8,10-11,13-14H,3,6-7,9H2,1-2H3. The van der Waals surface area contributed by atoms with Crippen LogP contribution in [-0.4, -0.2) is 23.8 Å². The van der Waals surface area contributed by atoms with Crippen molar-refractivity contribution < 1.29 is 5.11 Å². The van der Waals surface area contributed by atoms with Crippen LogP contribution < -0.4 is 5.32 Å². The van der Waals surface area contributed by atoms with E-state index in [4.69, 9.17) is 5.11 Å². The van der Waals surface area contributed by atoms with E-state index in [9.17, 15) is 0 Å². The minimum atomic E-state index is 0.275. The molecule has 1 aromatic heterocycles. The lowest BCUT2D eigenvalue weighted by Crippen LogP contribution is -2.37. The van der Waals surface area contributed by atoms with Gasteiger partial charge in [0.25, 0.3) is 0 Å². The molecule has 0 spiro atoms. The zero-order valence-corrected chi connectivity index (χ0v) is 10.4. The summed E-state index contributed by atoms with van der Waals surface area (Å²) in [5.41, 5.74) is 0. The van der Waals surface area contributed by atoms with Crippen LogP contribution in [0.15, 0.2) is 17.5 Å². The molecule has 0 aliphatic carbocycles. The maximum atomic E-state index is 8.90. The van der Waals surface area contributed by atoms with Crippen LogP contribution in [0.1, 0.15) is 31.6 Å². The molecular formula is C12H21NOS.